The van der Waals surface area contributed by atoms with Crippen molar-refractivity contribution in [1.29, 1.82) is 0 Å². The molecule has 0 aromatic heterocycles. The third-order valence-electron chi connectivity index (χ3n) is 3.30. The number of rotatable bonds is 1. The van der Waals surface area contributed by atoms with Gasteiger partial charge >= 0.3 is 0 Å². The molecule has 1 heterocycles. The lowest BCUT2D eigenvalue weighted by atomic mass is 10.1. The molecule has 1 saturated heterocycles. The van der Waals surface area contributed by atoms with Crippen LogP contribution in [-0.4, -0.2) is 36.1 Å². The first-order valence-corrected chi connectivity index (χ1v) is 5.87. The first-order valence-electron chi connectivity index (χ1n) is 5.87. The van der Waals surface area contributed by atoms with E-state index < -0.39 is 0 Å². The minimum absolute atomic E-state index is 0. The molecular weight excluding hydrogens is 252 g/mol. The molecular formula is C13H19ClN2O2. The molecule has 0 radical (unpaired) electrons. The largest absolute Gasteiger partial charge is 0.399 e. The molecule has 0 saturated carbocycles. The molecule has 2 N–H and O–H groups in total. The van der Waals surface area contributed by atoms with Crippen molar-refractivity contribution >= 4 is 24.0 Å². The average Bonchev–Trinajstić information content (AvgIpc) is 2.33. The highest BCUT2D eigenvalue weighted by atomic mass is 35.5. The normalized spacial score (nSPS) is 23.3. The highest BCUT2D eigenvalue weighted by Crippen LogP contribution is 2.17. The van der Waals surface area contributed by atoms with Crippen LogP contribution in [0, 0.1) is 0 Å². The van der Waals surface area contributed by atoms with Crippen molar-refractivity contribution in [2.45, 2.75) is 26.0 Å². The number of anilines is 1. The van der Waals surface area contributed by atoms with Crippen LogP contribution in [0.4, 0.5) is 5.69 Å². The van der Waals surface area contributed by atoms with Crippen molar-refractivity contribution in [3.63, 3.8) is 0 Å². The maximum Gasteiger partial charge on any atom is 0.254 e. The van der Waals surface area contributed by atoms with Gasteiger partial charge in [0.1, 0.15) is 0 Å². The van der Waals surface area contributed by atoms with Crippen LogP contribution in [-0.2, 0) is 4.74 Å². The molecule has 0 spiro atoms. The molecule has 100 valence electrons. The summed E-state index contributed by atoms with van der Waals surface area (Å²) in [4.78, 5) is 14.2. The van der Waals surface area contributed by atoms with E-state index in [9.17, 15) is 4.79 Å². The molecule has 1 aliphatic rings. The first kappa shape index (κ1) is 14.8. The van der Waals surface area contributed by atoms with Gasteiger partial charge in [0, 0.05) is 17.8 Å². The van der Waals surface area contributed by atoms with Crippen molar-refractivity contribution < 1.29 is 9.53 Å². The van der Waals surface area contributed by atoms with Gasteiger partial charge < -0.3 is 15.4 Å². The van der Waals surface area contributed by atoms with E-state index in [1.165, 1.54) is 0 Å². The Bertz CT molecular complexity index is 408. The molecule has 2 unspecified atom stereocenters. The second-order valence-corrected chi connectivity index (χ2v) is 4.44. The number of ether oxygens (including phenoxy) is 1. The van der Waals surface area contributed by atoms with Crippen LogP contribution in [0.1, 0.15) is 24.2 Å². The number of benzene rings is 1. The number of nitrogens with two attached hydrogens (primary N) is 1. The van der Waals surface area contributed by atoms with E-state index in [0.29, 0.717) is 24.4 Å². The number of hydrogen-bond donors (Lipinski definition) is 1. The van der Waals surface area contributed by atoms with Crippen LogP contribution in [0.3, 0.4) is 0 Å². The highest BCUT2D eigenvalue weighted by molar-refractivity contribution is 5.94. The van der Waals surface area contributed by atoms with E-state index in [-0.39, 0.29) is 30.5 Å². The summed E-state index contributed by atoms with van der Waals surface area (Å²) in [6.45, 7) is 5.26. The third kappa shape index (κ3) is 2.94. The Morgan fingerprint density at radius 2 is 1.94 bits per heavy atom. The molecule has 18 heavy (non-hydrogen) atoms. The zero-order valence-electron chi connectivity index (χ0n) is 10.6. The lowest BCUT2D eigenvalue weighted by molar-refractivity contribution is -0.0440. The van der Waals surface area contributed by atoms with E-state index in [1.54, 1.807) is 24.3 Å². The molecule has 2 atom stereocenters. The van der Waals surface area contributed by atoms with Crippen LogP contribution in [0.25, 0.3) is 0 Å². The van der Waals surface area contributed by atoms with Crippen LogP contribution < -0.4 is 5.73 Å². The van der Waals surface area contributed by atoms with Gasteiger partial charge in [-0.05, 0) is 38.1 Å². The highest BCUT2D eigenvalue weighted by Gasteiger charge is 2.29. The monoisotopic (exact) mass is 270 g/mol. The predicted octanol–water partition coefficient (Wildman–Crippen LogP) is 1.94. The Morgan fingerprint density at radius 3 is 2.56 bits per heavy atom. The predicted molar refractivity (Wildman–Crippen MR) is 74.0 cm³/mol. The lowest BCUT2D eigenvalue weighted by Crippen LogP contribution is -2.51. The van der Waals surface area contributed by atoms with Crippen molar-refractivity contribution in [1.82, 2.24) is 4.90 Å². The van der Waals surface area contributed by atoms with Gasteiger partial charge in [0.25, 0.3) is 5.91 Å². The van der Waals surface area contributed by atoms with Gasteiger partial charge in [-0.3, -0.25) is 4.79 Å². The summed E-state index contributed by atoms with van der Waals surface area (Å²) < 4.78 is 5.51. The number of halogens is 1. The van der Waals surface area contributed by atoms with Gasteiger partial charge in [-0.15, -0.1) is 12.4 Å². The Morgan fingerprint density at radius 1 is 1.33 bits per heavy atom. The molecule has 5 heteroatoms. The van der Waals surface area contributed by atoms with E-state index in [4.69, 9.17) is 10.5 Å². The Kier molecular flexibility index (Phi) is 4.99. The number of amides is 1. The van der Waals surface area contributed by atoms with Gasteiger partial charge in [-0.2, -0.15) is 0 Å². The number of hydrogen-bond acceptors (Lipinski definition) is 3. The quantitative estimate of drug-likeness (QED) is 0.794. The molecule has 1 aromatic rings. The standard InChI is InChI=1S/C13H18N2O2.ClH/c1-9-10(2)17-8-7-15(9)13(16)11-3-5-12(14)6-4-11;/h3-6,9-10H,7-8,14H2,1-2H3;1H. The summed E-state index contributed by atoms with van der Waals surface area (Å²) in [5, 5.41) is 0. The van der Waals surface area contributed by atoms with Gasteiger partial charge in [0.15, 0.2) is 0 Å². The molecule has 1 amide bonds. The second kappa shape index (κ2) is 6.07. The van der Waals surface area contributed by atoms with Crippen molar-refractivity contribution in [3.05, 3.63) is 29.8 Å². The first-order chi connectivity index (χ1) is 8.09. The van der Waals surface area contributed by atoms with Crippen LogP contribution >= 0.6 is 12.4 Å². The average molecular weight is 271 g/mol. The van der Waals surface area contributed by atoms with E-state index in [2.05, 4.69) is 0 Å². The summed E-state index contributed by atoms with van der Waals surface area (Å²) in [5.74, 6) is 0.0488. The third-order valence-corrected chi connectivity index (χ3v) is 3.30. The SMILES string of the molecule is CC1OCCN(C(=O)c2ccc(N)cc2)C1C.Cl. The Labute approximate surface area is 114 Å². The van der Waals surface area contributed by atoms with E-state index in [1.807, 2.05) is 18.7 Å². The zero-order chi connectivity index (χ0) is 12.4. The van der Waals surface area contributed by atoms with E-state index in [0.717, 1.165) is 0 Å². The fraction of sp³-hybridized carbons (Fsp3) is 0.462. The van der Waals surface area contributed by atoms with Crippen LogP contribution in [0.5, 0.6) is 0 Å². The molecule has 0 aliphatic carbocycles. The smallest absolute Gasteiger partial charge is 0.254 e. The number of morpholine rings is 1. The number of carbonyl (C=O) groups excluding carboxylic acids is 1. The summed E-state index contributed by atoms with van der Waals surface area (Å²) >= 11 is 0. The molecule has 4 nitrogen and oxygen atoms in total. The topological polar surface area (TPSA) is 55.6 Å². The van der Waals surface area contributed by atoms with Gasteiger partial charge in [0.05, 0.1) is 18.8 Å². The molecule has 1 aromatic carbocycles. The summed E-state index contributed by atoms with van der Waals surface area (Å²) in [6, 6.07) is 7.15. The molecule has 2 rings (SSSR count). The molecule has 1 fully saturated rings. The molecule has 1 aliphatic heterocycles. The van der Waals surface area contributed by atoms with Crippen molar-refractivity contribution in [2.75, 3.05) is 18.9 Å². The van der Waals surface area contributed by atoms with E-state index >= 15 is 0 Å². The number of nitrogen functional groups attached to an aromatic ring is 1. The minimum Gasteiger partial charge on any atom is -0.399 e. The fourth-order valence-corrected chi connectivity index (χ4v) is 2.01. The number of nitrogens with zero attached hydrogens (tertiary/aromatic N) is 1. The van der Waals surface area contributed by atoms with Crippen LogP contribution in [0.2, 0.25) is 0 Å². The minimum atomic E-state index is 0. The zero-order valence-corrected chi connectivity index (χ0v) is 11.4. The maximum atomic E-state index is 12.3. The second-order valence-electron chi connectivity index (χ2n) is 4.44. The molecule has 0 bridgehead atoms. The van der Waals surface area contributed by atoms with Crippen LogP contribution in [0.15, 0.2) is 24.3 Å². The Balaban J connectivity index is 0.00000162. The van der Waals surface area contributed by atoms with Gasteiger partial charge in [0.2, 0.25) is 0 Å². The van der Waals surface area contributed by atoms with Gasteiger partial charge in [-0.1, -0.05) is 0 Å². The fourth-order valence-electron chi connectivity index (χ4n) is 2.01. The maximum absolute atomic E-state index is 12.3. The van der Waals surface area contributed by atoms with Crippen molar-refractivity contribution in [3.8, 4) is 0 Å². The lowest BCUT2D eigenvalue weighted by Gasteiger charge is -2.37. The van der Waals surface area contributed by atoms with Crippen molar-refractivity contribution in [2.24, 2.45) is 0 Å². The number of carbonyl (C=O) groups is 1. The summed E-state index contributed by atoms with van der Waals surface area (Å²) in [6.07, 6.45) is 0.0847. The summed E-state index contributed by atoms with van der Waals surface area (Å²) in [7, 11) is 0. The summed E-state index contributed by atoms with van der Waals surface area (Å²) in [5.41, 5.74) is 6.96. The Hall–Kier alpha value is -1.26. The van der Waals surface area contributed by atoms with Gasteiger partial charge in [-0.25, -0.2) is 0 Å².